The molecule has 1 aromatic carbocycles. The molecule has 0 aromatic heterocycles. The van der Waals surface area contributed by atoms with Gasteiger partial charge in [0.05, 0.1) is 19.3 Å². The predicted octanol–water partition coefficient (Wildman–Crippen LogP) is -1.94. The average Bonchev–Trinajstić information content (AvgIpc) is 2.56. The number of carbonyl (C=O) groups is 1. The van der Waals surface area contributed by atoms with Gasteiger partial charge < -0.3 is 44.8 Å². The Hall–Kier alpha value is -2.11. The highest BCUT2D eigenvalue weighted by Crippen LogP contribution is 2.39. The third-order valence-corrected chi connectivity index (χ3v) is 3.55. The Labute approximate surface area is 136 Å². The maximum absolute atomic E-state index is 11.4. The van der Waals surface area contributed by atoms with Crippen LogP contribution >= 0.6 is 0 Å². The molecular weight excluding hydrogens is 328 g/mol. The Bertz CT molecular complexity index is 578. The van der Waals surface area contributed by atoms with Crippen molar-refractivity contribution in [3.63, 3.8) is 0 Å². The molecule has 0 saturated carbocycles. The molecule has 0 amide bonds. The molecule has 0 aliphatic carbocycles. The molecule has 1 unspecified atom stereocenters. The molecule has 1 heterocycles. The van der Waals surface area contributed by atoms with Crippen molar-refractivity contribution in [2.45, 2.75) is 30.7 Å². The van der Waals surface area contributed by atoms with Crippen molar-refractivity contribution in [3.05, 3.63) is 17.7 Å². The molecule has 134 valence electrons. The first kappa shape index (κ1) is 18.2. The molecule has 24 heavy (non-hydrogen) atoms. The van der Waals surface area contributed by atoms with E-state index in [9.17, 15) is 30.3 Å². The van der Waals surface area contributed by atoms with Crippen molar-refractivity contribution >= 4 is 5.97 Å². The van der Waals surface area contributed by atoms with Gasteiger partial charge in [-0.25, -0.2) is 4.79 Å². The largest absolute Gasteiger partial charge is 0.504 e. The van der Waals surface area contributed by atoms with Crippen molar-refractivity contribution in [3.8, 4) is 17.2 Å². The maximum Gasteiger partial charge on any atom is 0.338 e. The minimum atomic E-state index is -1.72. The number of esters is 1. The number of ether oxygens (including phenoxy) is 3. The normalized spacial score (nSPS) is 30.0. The van der Waals surface area contributed by atoms with Crippen molar-refractivity contribution in [2.75, 3.05) is 13.7 Å². The molecule has 1 aliphatic heterocycles. The van der Waals surface area contributed by atoms with Crippen LogP contribution in [0.3, 0.4) is 0 Å². The number of methoxy groups -OCH3 is 1. The number of phenolic OH excluding ortho intramolecular Hbond substituents is 2. The molecule has 1 saturated heterocycles. The van der Waals surface area contributed by atoms with Crippen LogP contribution < -0.4 is 4.74 Å². The second kappa shape index (κ2) is 7.20. The SMILES string of the molecule is COC(=O)c1cc(O)c(OC2O[C@H](CO)[C@@H](O)[C@H](O)[C@@H]2O)c(O)c1. The van der Waals surface area contributed by atoms with E-state index in [1.54, 1.807) is 0 Å². The van der Waals surface area contributed by atoms with Gasteiger partial charge in [-0.3, -0.25) is 0 Å². The van der Waals surface area contributed by atoms with Gasteiger partial charge >= 0.3 is 5.97 Å². The summed E-state index contributed by atoms with van der Waals surface area (Å²) in [7, 11) is 1.12. The number of phenols is 2. The number of aliphatic hydroxyl groups is 4. The number of carbonyl (C=O) groups excluding carboxylic acids is 1. The van der Waals surface area contributed by atoms with Crippen LogP contribution in [0.25, 0.3) is 0 Å². The number of rotatable bonds is 4. The smallest absolute Gasteiger partial charge is 0.338 e. The third kappa shape index (κ3) is 3.37. The topological polar surface area (TPSA) is 166 Å². The lowest BCUT2D eigenvalue weighted by Gasteiger charge is -2.39. The Morgan fingerprint density at radius 3 is 2.21 bits per heavy atom. The van der Waals surface area contributed by atoms with Gasteiger partial charge in [-0.15, -0.1) is 0 Å². The van der Waals surface area contributed by atoms with Crippen LogP contribution in [0.15, 0.2) is 12.1 Å². The minimum Gasteiger partial charge on any atom is -0.504 e. The molecule has 5 atom stereocenters. The molecule has 1 fully saturated rings. The highest BCUT2D eigenvalue weighted by molar-refractivity contribution is 5.91. The van der Waals surface area contributed by atoms with Gasteiger partial charge in [-0.2, -0.15) is 0 Å². The van der Waals surface area contributed by atoms with Crippen molar-refractivity contribution in [1.82, 2.24) is 0 Å². The molecule has 0 spiro atoms. The van der Waals surface area contributed by atoms with Crippen molar-refractivity contribution in [2.24, 2.45) is 0 Å². The average molecular weight is 346 g/mol. The number of hydrogen-bond donors (Lipinski definition) is 6. The molecule has 1 aromatic rings. The lowest BCUT2D eigenvalue weighted by atomic mass is 9.99. The fourth-order valence-corrected chi connectivity index (χ4v) is 2.24. The van der Waals surface area contributed by atoms with Gasteiger partial charge in [0.25, 0.3) is 0 Å². The van der Waals surface area contributed by atoms with E-state index in [1.165, 1.54) is 0 Å². The van der Waals surface area contributed by atoms with Gasteiger partial charge in [0.1, 0.15) is 24.4 Å². The van der Waals surface area contributed by atoms with Crippen LogP contribution in [0.5, 0.6) is 17.2 Å². The summed E-state index contributed by atoms with van der Waals surface area (Å²) in [6.07, 6.45) is -7.79. The summed E-state index contributed by atoms with van der Waals surface area (Å²) in [5, 5.41) is 58.1. The fourth-order valence-electron chi connectivity index (χ4n) is 2.24. The van der Waals surface area contributed by atoms with E-state index in [4.69, 9.17) is 14.6 Å². The summed E-state index contributed by atoms with van der Waals surface area (Å²) in [5.41, 5.74) is -0.145. The zero-order valence-corrected chi connectivity index (χ0v) is 12.6. The van der Waals surface area contributed by atoms with Crippen LogP contribution in [0, 0.1) is 0 Å². The second-order valence-electron chi connectivity index (χ2n) is 5.15. The highest BCUT2D eigenvalue weighted by atomic mass is 16.7. The lowest BCUT2D eigenvalue weighted by Crippen LogP contribution is -2.60. The summed E-state index contributed by atoms with van der Waals surface area (Å²) in [6, 6.07) is 1.93. The summed E-state index contributed by atoms with van der Waals surface area (Å²) < 4.78 is 14.7. The quantitative estimate of drug-likeness (QED) is 0.338. The van der Waals surface area contributed by atoms with Crippen LogP contribution in [0.1, 0.15) is 10.4 Å². The summed E-state index contributed by atoms with van der Waals surface area (Å²) >= 11 is 0. The van der Waals surface area contributed by atoms with E-state index in [0.29, 0.717) is 0 Å². The Balaban J connectivity index is 2.25. The minimum absolute atomic E-state index is 0.145. The molecule has 0 bridgehead atoms. The van der Waals surface area contributed by atoms with Gasteiger partial charge in [-0.05, 0) is 12.1 Å². The van der Waals surface area contributed by atoms with E-state index in [2.05, 4.69) is 4.74 Å². The standard InChI is InChI=1S/C14H18O10/c1-22-13(21)5-2-6(16)12(7(17)3-5)24-14-11(20)10(19)9(18)8(4-15)23-14/h2-3,8-11,14-20H,4H2,1H3/t8-,9-,10+,11+,14?/m1/s1. The molecule has 1 aliphatic rings. The van der Waals surface area contributed by atoms with Crippen molar-refractivity contribution in [1.29, 1.82) is 0 Å². The van der Waals surface area contributed by atoms with E-state index in [0.717, 1.165) is 19.2 Å². The number of hydrogen-bond acceptors (Lipinski definition) is 10. The highest BCUT2D eigenvalue weighted by Gasteiger charge is 2.45. The van der Waals surface area contributed by atoms with Crippen LogP contribution in [-0.2, 0) is 9.47 Å². The van der Waals surface area contributed by atoms with E-state index in [-0.39, 0.29) is 5.56 Å². The van der Waals surface area contributed by atoms with Crippen LogP contribution in [-0.4, -0.2) is 81.0 Å². The maximum atomic E-state index is 11.4. The van der Waals surface area contributed by atoms with E-state index < -0.39 is 60.5 Å². The van der Waals surface area contributed by atoms with Crippen LogP contribution in [0.4, 0.5) is 0 Å². The monoisotopic (exact) mass is 346 g/mol. The zero-order chi connectivity index (χ0) is 18.0. The first-order valence-electron chi connectivity index (χ1n) is 6.91. The lowest BCUT2D eigenvalue weighted by molar-refractivity contribution is -0.277. The molecule has 0 radical (unpaired) electrons. The van der Waals surface area contributed by atoms with E-state index in [1.807, 2.05) is 0 Å². The Morgan fingerprint density at radius 1 is 1.12 bits per heavy atom. The zero-order valence-electron chi connectivity index (χ0n) is 12.6. The summed E-state index contributed by atoms with van der Waals surface area (Å²) in [4.78, 5) is 11.4. The predicted molar refractivity (Wildman–Crippen MR) is 75.5 cm³/mol. The molecule has 2 rings (SSSR count). The molecule has 10 nitrogen and oxygen atoms in total. The van der Waals surface area contributed by atoms with Crippen molar-refractivity contribution < 1.29 is 49.6 Å². The first-order chi connectivity index (χ1) is 11.3. The molecule has 10 heteroatoms. The van der Waals surface area contributed by atoms with Gasteiger partial charge in [0, 0.05) is 0 Å². The Kier molecular flexibility index (Phi) is 5.47. The fraction of sp³-hybridized carbons (Fsp3) is 0.500. The van der Waals surface area contributed by atoms with Gasteiger partial charge in [0.15, 0.2) is 11.5 Å². The summed E-state index contributed by atoms with van der Waals surface area (Å²) in [6.45, 7) is -0.663. The van der Waals surface area contributed by atoms with Crippen LogP contribution in [0.2, 0.25) is 0 Å². The number of aliphatic hydroxyl groups excluding tert-OH is 4. The van der Waals surface area contributed by atoms with Gasteiger partial charge in [0.2, 0.25) is 12.0 Å². The molecule has 6 N–H and O–H groups in total. The first-order valence-corrected chi connectivity index (χ1v) is 6.91. The molecular formula is C14H18O10. The second-order valence-corrected chi connectivity index (χ2v) is 5.15. The van der Waals surface area contributed by atoms with E-state index >= 15 is 0 Å². The Morgan fingerprint density at radius 2 is 1.71 bits per heavy atom. The number of benzene rings is 1. The van der Waals surface area contributed by atoms with Gasteiger partial charge in [-0.1, -0.05) is 0 Å². The summed E-state index contributed by atoms with van der Waals surface area (Å²) in [5.74, 6) is -2.62. The number of aromatic hydroxyl groups is 2. The third-order valence-electron chi connectivity index (χ3n) is 3.55.